The van der Waals surface area contributed by atoms with Crippen molar-refractivity contribution in [2.45, 2.75) is 25.9 Å². The number of amides is 1. The fourth-order valence-corrected chi connectivity index (χ4v) is 3.36. The Kier molecular flexibility index (Phi) is 3.05. The fourth-order valence-electron chi connectivity index (χ4n) is 3.36. The number of aliphatic hydroxyl groups is 1. The van der Waals surface area contributed by atoms with Crippen LogP contribution in [0.3, 0.4) is 0 Å². The Morgan fingerprint density at radius 1 is 1.37 bits per heavy atom. The molecule has 3 nitrogen and oxygen atoms in total. The zero-order chi connectivity index (χ0) is 13.6. The topological polar surface area (TPSA) is 40.5 Å². The van der Waals surface area contributed by atoms with E-state index < -0.39 is 0 Å². The minimum Gasteiger partial charge on any atom is -0.393 e. The molecule has 0 radical (unpaired) electrons. The molecule has 0 spiro atoms. The normalized spacial score (nSPS) is 29.6. The summed E-state index contributed by atoms with van der Waals surface area (Å²) in [5.74, 6) is 0.320. The Morgan fingerprint density at radius 2 is 2.16 bits per heavy atom. The first-order chi connectivity index (χ1) is 9.06. The number of hydrogen-bond donors (Lipinski definition) is 1. The summed E-state index contributed by atoms with van der Waals surface area (Å²) in [5.41, 5.74) is 1.03. The van der Waals surface area contributed by atoms with Crippen LogP contribution in [0.1, 0.15) is 28.8 Å². The summed E-state index contributed by atoms with van der Waals surface area (Å²) in [5, 5.41) is 9.86. The van der Waals surface area contributed by atoms with E-state index in [1.54, 1.807) is 17.9 Å². The van der Waals surface area contributed by atoms with Crippen LogP contribution >= 0.6 is 0 Å². The van der Waals surface area contributed by atoms with E-state index in [-0.39, 0.29) is 23.7 Å². The molecule has 1 amide bonds. The highest BCUT2D eigenvalue weighted by atomic mass is 19.1. The highest BCUT2D eigenvalue weighted by Crippen LogP contribution is 2.38. The first kappa shape index (κ1) is 12.6. The number of carbonyl (C=O) groups is 1. The van der Waals surface area contributed by atoms with Gasteiger partial charge in [0.2, 0.25) is 0 Å². The number of carbonyl (C=O) groups excluding carboxylic acids is 1. The van der Waals surface area contributed by atoms with E-state index >= 15 is 0 Å². The second-order valence-corrected chi connectivity index (χ2v) is 5.74. The second-order valence-electron chi connectivity index (χ2n) is 5.74. The molecule has 19 heavy (non-hydrogen) atoms. The van der Waals surface area contributed by atoms with Crippen LogP contribution in [0.15, 0.2) is 18.2 Å². The summed E-state index contributed by atoms with van der Waals surface area (Å²) in [6.45, 7) is 3.01. The average Bonchev–Trinajstić information content (AvgIpc) is 2.95. The van der Waals surface area contributed by atoms with E-state index in [9.17, 15) is 14.3 Å². The van der Waals surface area contributed by atoms with Crippen LogP contribution in [-0.4, -0.2) is 35.1 Å². The van der Waals surface area contributed by atoms with Crippen molar-refractivity contribution in [3.8, 4) is 0 Å². The van der Waals surface area contributed by atoms with Gasteiger partial charge in [-0.15, -0.1) is 0 Å². The monoisotopic (exact) mass is 263 g/mol. The maximum Gasteiger partial charge on any atom is 0.253 e. The molecule has 1 aromatic carbocycles. The predicted molar refractivity (Wildman–Crippen MR) is 69.3 cm³/mol. The van der Waals surface area contributed by atoms with Crippen molar-refractivity contribution >= 4 is 5.91 Å². The molecule has 1 saturated carbocycles. The highest BCUT2D eigenvalue weighted by Gasteiger charge is 2.43. The Morgan fingerprint density at radius 3 is 2.84 bits per heavy atom. The number of halogens is 1. The molecule has 3 unspecified atom stereocenters. The van der Waals surface area contributed by atoms with Crippen molar-refractivity contribution in [1.82, 2.24) is 4.90 Å². The fraction of sp³-hybridized carbons (Fsp3) is 0.533. The first-order valence-corrected chi connectivity index (χ1v) is 6.80. The maximum atomic E-state index is 13.2. The smallest absolute Gasteiger partial charge is 0.253 e. The van der Waals surface area contributed by atoms with Crippen molar-refractivity contribution < 1.29 is 14.3 Å². The lowest BCUT2D eigenvalue weighted by Crippen LogP contribution is -2.31. The number of aryl methyl sites for hydroxylation is 1. The lowest BCUT2D eigenvalue weighted by Gasteiger charge is -2.18. The Balaban J connectivity index is 1.76. The van der Waals surface area contributed by atoms with Gasteiger partial charge in [-0.05, 0) is 49.4 Å². The third-order valence-electron chi connectivity index (χ3n) is 4.51. The van der Waals surface area contributed by atoms with Crippen LogP contribution in [0.2, 0.25) is 0 Å². The third kappa shape index (κ3) is 2.14. The van der Waals surface area contributed by atoms with Gasteiger partial charge in [-0.2, -0.15) is 0 Å². The molecule has 3 atom stereocenters. The third-order valence-corrected chi connectivity index (χ3v) is 4.51. The zero-order valence-electron chi connectivity index (χ0n) is 11.0. The second kappa shape index (κ2) is 4.60. The predicted octanol–water partition coefficient (Wildman–Crippen LogP) is 1.98. The summed E-state index contributed by atoms with van der Waals surface area (Å²) in [6, 6.07) is 4.48. The van der Waals surface area contributed by atoms with Gasteiger partial charge >= 0.3 is 0 Å². The minimum absolute atomic E-state index is 0.0512. The molecule has 2 aliphatic rings. The molecule has 4 heteroatoms. The number of hydrogen-bond acceptors (Lipinski definition) is 2. The number of likely N-dealkylation sites (tertiary alicyclic amines) is 1. The first-order valence-electron chi connectivity index (χ1n) is 6.80. The van der Waals surface area contributed by atoms with Gasteiger partial charge in [0, 0.05) is 24.6 Å². The molecule has 1 heterocycles. The molecule has 1 aliphatic heterocycles. The molecular weight excluding hydrogens is 245 g/mol. The van der Waals surface area contributed by atoms with Gasteiger partial charge < -0.3 is 10.0 Å². The summed E-state index contributed by atoms with van der Waals surface area (Å²) in [6.07, 6.45) is 1.59. The van der Waals surface area contributed by atoms with Gasteiger partial charge in [0.1, 0.15) is 5.82 Å². The van der Waals surface area contributed by atoms with Gasteiger partial charge in [-0.3, -0.25) is 4.79 Å². The Bertz CT molecular complexity index is 517. The number of benzene rings is 1. The Labute approximate surface area is 112 Å². The highest BCUT2D eigenvalue weighted by molar-refractivity contribution is 5.94. The van der Waals surface area contributed by atoms with Crippen LogP contribution < -0.4 is 0 Å². The molecule has 1 aromatic rings. The molecule has 102 valence electrons. The van der Waals surface area contributed by atoms with Gasteiger partial charge in [-0.1, -0.05) is 0 Å². The van der Waals surface area contributed by atoms with Crippen LogP contribution in [0.4, 0.5) is 4.39 Å². The molecule has 0 aromatic heterocycles. The van der Waals surface area contributed by atoms with Gasteiger partial charge in [0.15, 0.2) is 0 Å². The van der Waals surface area contributed by atoms with E-state index in [0.29, 0.717) is 23.6 Å². The van der Waals surface area contributed by atoms with E-state index in [4.69, 9.17) is 0 Å². The van der Waals surface area contributed by atoms with Crippen molar-refractivity contribution in [2.75, 3.05) is 13.1 Å². The molecular formula is C15H18FNO2. The average molecular weight is 263 g/mol. The quantitative estimate of drug-likeness (QED) is 0.841. The van der Waals surface area contributed by atoms with Crippen molar-refractivity contribution in [2.24, 2.45) is 11.8 Å². The van der Waals surface area contributed by atoms with Crippen molar-refractivity contribution in [3.63, 3.8) is 0 Å². The summed E-state index contributed by atoms with van der Waals surface area (Å²) in [7, 11) is 0. The maximum absolute atomic E-state index is 13.2. The van der Waals surface area contributed by atoms with Crippen LogP contribution in [0.5, 0.6) is 0 Å². The van der Waals surface area contributed by atoms with Crippen LogP contribution in [0.25, 0.3) is 0 Å². The van der Waals surface area contributed by atoms with Crippen LogP contribution in [0, 0.1) is 24.6 Å². The molecule has 1 saturated heterocycles. The molecule has 3 rings (SSSR count). The number of fused-ring (bicyclic) bond motifs is 1. The number of nitrogens with zero attached hydrogens (tertiary/aromatic N) is 1. The standard InChI is InChI=1S/C15H18FNO2/c1-9-6-10(2-4-13(9)16)15(19)17-7-11-3-5-14(18)12(11)8-17/h2,4,6,11-12,14,18H,3,5,7-8H2,1H3. The molecule has 1 N–H and O–H groups in total. The van der Waals surface area contributed by atoms with Crippen molar-refractivity contribution in [1.29, 1.82) is 0 Å². The largest absolute Gasteiger partial charge is 0.393 e. The van der Waals surface area contributed by atoms with E-state index in [1.807, 2.05) is 0 Å². The summed E-state index contributed by atoms with van der Waals surface area (Å²) < 4.78 is 13.2. The van der Waals surface area contributed by atoms with Gasteiger partial charge in [0.05, 0.1) is 6.10 Å². The molecule has 1 aliphatic carbocycles. The van der Waals surface area contributed by atoms with E-state index in [2.05, 4.69) is 0 Å². The van der Waals surface area contributed by atoms with Gasteiger partial charge in [0.25, 0.3) is 5.91 Å². The molecule has 2 fully saturated rings. The SMILES string of the molecule is Cc1cc(C(=O)N2CC3CCC(O)C3C2)ccc1F. The van der Waals surface area contributed by atoms with Crippen molar-refractivity contribution in [3.05, 3.63) is 35.1 Å². The summed E-state index contributed by atoms with van der Waals surface area (Å²) in [4.78, 5) is 14.2. The lowest BCUT2D eigenvalue weighted by atomic mass is 10.00. The van der Waals surface area contributed by atoms with E-state index in [1.165, 1.54) is 12.1 Å². The molecule has 0 bridgehead atoms. The number of rotatable bonds is 1. The van der Waals surface area contributed by atoms with Gasteiger partial charge in [-0.25, -0.2) is 4.39 Å². The zero-order valence-corrected chi connectivity index (χ0v) is 11.0. The Hall–Kier alpha value is -1.42. The number of aliphatic hydroxyl groups excluding tert-OH is 1. The van der Waals surface area contributed by atoms with E-state index in [0.717, 1.165) is 19.4 Å². The minimum atomic E-state index is -0.287. The summed E-state index contributed by atoms with van der Waals surface area (Å²) >= 11 is 0. The van der Waals surface area contributed by atoms with Crippen LogP contribution in [-0.2, 0) is 0 Å². The lowest BCUT2D eigenvalue weighted by molar-refractivity contribution is 0.0752.